The summed E-state index contributed by atoms with van der Waals surface area (Å²) in [6, 6.07) is 19.4. The molecule has 0 aliphatic heterocycles. The molecule has 3 rings (SSSR count). The first-order chi connectivity index (χ1) is 14.2. The normalized spacial score (nSPS) is 10.4. The van der Waals surface area contributed by atoms with Crippen LogP contribution >= 0.6 is 0 Å². The Morgan fingerprint density at radius 1 is 0.862 bits per heavy atom. The van der Waals surface area contributed by atoms with Crippen LogP contribution in [0.3, 0.4) is 0 Å². The highest BCUT2D eigenvalue weighted by Crippen LogP contribution is 2.20. The average molecular weight is 390 g/mol. The van der Waals surface area contributed by atoms with Gasteiger partial charge in [0.05, 0.1) is 0 Å². The molecule has 2 aromatic carbocycles. The molecule has 0 radical (unpaired) electrons. The Labute approximate surface area is 172 Å². The van der Waals surface area contributed by atoms with Gasteiger partial charge in [-0.25, -0.2) is 9.97 Å². The van der Waals surface area contributed by atoms with Crippen LogP contribution < -0.4 is 15.1 Å². The van der Waals surface area contributed by atoms with Crippen LogP contribution in [0.1, 0.15) is 31.3 Å². The first kappa shape index (κ1) is 20.3. The van der Waals surface area contributed by atoms with Crippen molar-refractivity contribution < 1.29 is 4.79 Å². The quantitative estimate of drug-likeness (QED) is 0.603. The van der Waals surface area contributed by atoms with Crippen molar-refractivity contribution in [2.45, 2.75) is 20.8 Å². The number of carbonyl (C=O) groups excluding carboxylic acids is 1. The number of carbonyl (C=O) groups is 1. The zero-order valence-electron chi connectivity index (χ0n) is 17.2. The molecule has 6 heteroatoms. The van der Waals surface area contributed by atoms with E-state index in [4.69, 9.17) is 0 Å². The second-order valence-corrected chi connectivity index (χ2v) is 6.49. The number of nitrogens with zero attached hydrogens (tertiary/aromatic N) is 4. The van der Waals surface area contributed by atoms with Crippen LogP contribution in [0.4, 0.5) is 23.0 Å². The Bertz CT molecular complexity index is 924. The van der Waals surface area contributed by atoms with Gasteiger partial charge in [0.25, 0.3) is 5.91 Å². The largest absolute Gasteiger partial charge is 0.372 e. The fraction of sp³-hybridized carbons (Fsp3) is 0.261. The smallest absolute Gasteiger partial charge is 0.277 e. The fourth-order valence-corrected chi connectivity index (χ4v) is 3.20. The van der Waals surface area contributed by atoms with Gasteiger partial charge >= 0.3 is 0 Å². The summed E-state index contributed by atoms with van der Waals surface area (Å²) in [7, 11) is 0. The van der Waals surface area contributed by atoms with Crippen molar-refractivity contribution >= 4 is 28.9 Å². The number of benzene rings is 2. The van der Waals surface area contributed by atoms with E-state index in [1.54, 1.807) is 17.2 Å². The van der Waals surface area contributed by atoms with Crippen molar-refractivity contribution in [1.29, 1.82) is 0 Å². The van der Waals surface area contributed by atoms with Crippen molar-refractivity contribution in [3.63, 3.8) is 0 Å². The van der Waals surface area contributed by atoms with Crippen LogP contribution in [-0.2, 0) is 0 Å². The Hall–Kier alpha value is -3.41. The standard InChI is InChI=1S/C23H27N5O/c1-4-27(5-2)19-14-12-18(13-15-19)25-23-24-17-16-21(26-23)22(29)28(6-3)20-10-8-7-9-11-20/h7-17H,4-6H2,1-3H3,(H,24,25,26). The Morgan fingerprint density at radius 2 is 1.55 bits per heavy atom. The highest BCUT2D eigenvalue weighted by atomic mass is 16.2. The minimum Gasteiger partial charge on any atom is -0.372 e. The summed E-state index contributed by atoms with van der Waals surface area (Å²) in [5, 5.41) is 3.19. The van der Waals surface area contributed by atoms with Gasteiger partial charge in [0, 0.05) is 42.9 Å². The van der Waals surface area contributed by atoms with Crippen LogP contribution in [0.15, 0.2) is 66.9 Å². The number of hydrogen-bond donors (Lipinski definition) is 1. The number of amides is 1. The van der Waals surface area contributed by atoms with Crippen LogP contribution in [0.2, 0.25) is 0 Å². The molecule has 0 bridgehead atoms. The van der Waals surface area contributed by atoms with Gasteiger partial charge in [0.1, 0.15) is 5.69 Å². The molecule has 0 atom stereocenters. The van der Waals surface area contributed by atoms with Crippen LogP contribution in [0.5, 0.6) is 0 Å². The van der Waals surface area contributed by atoms with Crippen molar-refractivity contribution in [3.8, 4) is 0 Å². The van der Waals surface area contributed by atoms with Gasteiger partial charge < -0.3 is 15.1 Å². The Morgan fingerprint density at radius 3 is 2.17 bits per heavy atom. The van der Waals surface area contributed by atoms with Gasteiger partial charge in [-0.05, 0) is 63.2 Å². The van der Waals surface area contributed by atoms with Crippen LogP contribution in [0, 0.1) is 0 Å². The molecule has 1 N–H and O–H groups in total. The van der Waals surface area contributed by atoms with E-state index in [9.17, 15) is 4.79 Å². The molecule has 0 spiro atoms. The molecule has 1 heterocycles. The third-order valence-corrected chi connectivity index (χ3v) is 4.76. The summed E-state index contributed by atoms with van der Waals surface area (Å²) in [5.41, 5.74) is 3.25. The zero-order chi connectivity index (χ0) is 20.6. The first-order valence-corrected chi connectivity index (χ1v) is 9.98. The molecule has 0 saturated heterocycles. The number of para-hydroxylation sites is 1. The number of nitrogens with one attached hydrogen (secondary N) is 1. The second kappa shape index (κ2) is 9.68. The van der Waals surface area contributed by atoms with E-state index in [0.29, 0.717) is 18.2 Å². The average Bonchev–Trinajstić information content (AvgIpc) is 2.77. The fourth-order valence-electron chi connectivity index (χ4n) is 3.20. The molecule has 0 unspecified atom stereocenters. The molecule has 6 nitrogen and oxygen atoms in total. The SMILES string of the molecule is CCN(CC)c1ccc(Nc2nccc(C(=O)N(CC)c3ccccc3)n2)cc1. The summed E-state index contributed by atoms with van der Waals surface area (Å²) in [6.45, 7) is 8.71. The van der Waals surface area contributed by atoms with Crippen LogP contribution in [-0.4, -0.2) is 35.5 Å². The summed E-state index contributed by atoms with van der Waals surface area (Å²) in [6.07, 6.45) is 1.60. The molecular formula is C23H27N5O. The van der Waals surface area contributed by atoms with Crippen molar-refractivity contribution in [1.82, 2.24) is 9.97 Å². The molecule has 0 saturated carbocycles. The lowest BCUT2D eigenvalue weighted by atomic mass is 10.2. The lowest BCUT2D eigenvalue weighted by molar-refractivity contribution is 0.0983. The number of rotatable bonds is 8. The molecule has 1 aromatic heterocycles. The second-order valence-electron chi connectivity index (χ2n) is 6.49. The van der Waals surface area contributed by atoms with E-state index in [0.717, 1.165) is 24.5 Å². The number of hydrogen-bond acceptors (Lipinski definition) is 5. The minimum absolute atomic E-state index is 0.152. The van der Waals surface area contributed by atoms with Gasteiger partial charge in [-0.3, -0.25) is 4.79 Å². The highest BCUT2D eigenvalue weighted by Gasteiger charge is 2.18. The lowest BCUT2D eigenvalue weighted by Gasteiger charge is -2.21. The van der Waals surface area contributed by atoms with Gasteiger partial charge in [-0.15, -0.1) is 0 Å². The lowest BCUT2D eigenvalue weighted by Crippen LogP contribution is -2.31. The topological polar surface area (TPSA) is 61.4 Å². The molecule has 1 amide bonds. The van der Waals surface area contributed by atoms with E-state index in [1.807, 2.05) is 49.4 Å². The van der Waals surface area contributed by atoms with Gasteiger partial charge in [-0.2, -0.15) is 0 Å². The minimum atomic E-state index is -0.152. The van der Waals surface area contributed by atoms with E-state index in [2.05, 4.69) is 46.2 Å². The third-order valence-electron chi connectivity index (χ3n) is 4.76. The molecule has 0 aliphatic carbocycles. The van der Waals surface area contributed by atoms with Crippen molar-refractivity contribution in [3.05, 3.63) is 72.6 Å². The molecule has 0 aliphatic rings. The van der Waals surface area contributed by atoms with Crippen molar-refractivity contribution in [2.75, 3.05) is 34.8 Å². The zero-order valence-corrected chi connectivity index (χ0v) is 17.2. The summed E-state index contributed by atoms with van der Waals surface area (Å²) >= 11 is 0. The molecule has 150 valence electrons. The van der Waals surface area contributed by atoms with Gasteiger partial charge in [0.15, 0.2) is 0 Å². The van der Waals surface area contributed by atoms with E-state index in [-0.39, 0.29) is 5.91 Å². The molecule has 0 fully saturated rings. The third kappa shape index (κ3) is 4.90. The summed E-state index contributed by atoms with van der Waals surface area (Å²) in [5.74, 6) is 0.247. The van der Waals surface area contributed by atoms with Gasteiger partial charge in [-0.1, -0.05) is 18.2 Å². The first-order valence-electron chi connectivity index (χ1n) is 9.98. The predicted octanol–water partition coefficient (Wildman–Crippen LogP) is 4.73. The monoisotopic (exact) mass is 389 g/mol. The Balaban J connectivity index is 1.76. The number of anilines is 4. The maximum atomic E-state index is 13.0. The van der Waals surface area contributed by atoms with E-state index in [1.165, 1.54) is 5.69 Å². The van der Waals surface area contributed by atoms with E-state index >= 15 is 0 Å². The van der Waals surface area contributed by atoms with Gasteiger partial charge in [0.2, 0.25) is 5.95 Å². The van der Waals surface area contributed by atoms with Crippen LogP contribution in [0.25, 0.3) is 0 Å². The maximum absolute atomic E-state index is 13.0. The molecular weight excluding hydrogens is 362 g/mol. The Kier molecular flexibility index (Phi) is 6.79. The van der Waals surface area contributed by atoms with Crippen molar-refractivity contribution in [2.24, 2.45) is 0 Å². The maximum Gasteiger partial charge on any atom is 0.277 e. The molecule has 3 aromatic rings. The predicted molar refractivity (Wildman–Crippen MR) is 119 cm³/mol. The number of aromatic nitrogens is 2. The summed E-state index contributed by atoms with van der Waals surface area (Å²) in [4.78, 5) is 25.6. The summed E-state index contributed by atoms with van der Waals surface area (Å²) < 4.78 is 0. The highest BCUT2D eigenvalue weighted by molar-refractivity contribution is 6.04. The molecule has 29 heavy (non-hydrogen) atoms. The van der Waals surface area contributed by atoms with E-state index < -0.39 is 0 Å².